The number of pyridine rings is 1. The highest BCUT2D eigenvalue weighted by molar-refractivity contribution is 5.68. The summed E-state index contributed by atoms with van der Waals surface area (Å²) < 4.78 is 11.0. The molecule has 0 radical (unpaired) electrons. The molecule has 0 amide bonds. The fraction of sp³-hybridized carbons (Fsp3) is 0.0435. The number of anilines is 3. The van der Waals surface area contributed by atoms with Crippen LogP contribution in [-0.2, 0) is 0 Å². The Kier molecular flexibility index (Phi) is 5.58. The largest absolute Gasteiger partial charge is 0.497 e. The predicted molar refractivity (Wildman–Crippen MR) is 117 cm³/mol. The van der Waals surface area contributed by atoms with E-state index in [1.807, 2.05) is 60.7 Å². The average molecular weight is 410 g/mol. The minimum atomic E-state index is 0.161. The van der Waals surface area contributed by atoms with Crippen molar-refractivity contribution in [3.63, 3.8) is 0 Å². The Bertz CT molecular complexity index is 1250. The Morgan fingerprint density at radius 1 is 0.935 bits per heavy atom. The lowest BCUT2D eigenvalue weighted by Crippen LogP contribution is -2.01. The molecule has 0 bridgehead atoms. The number of ether oxygens (including phenoxy) is 2. The molecular weight excluding hydrogens is 392 g/mol. The smallest absolute Gasteiger partial charge is 0.222 e. The fourth-order valence-corrected chi connectivity index (χ4v) is 2.89. The number of nitrogens with one attached hydrogen (secondary N) is 1. The molecule has 0 fully saturated rings. The molecule has 31 heavy (non-hydrogen) atoms. The van der Waals surface area contributed by atoms with Crippen LogP contribution in [0.15, 0.2) is 72.9 Å². The molecular formula is C23H18N6O2. The number of benzene rings is 2. The van der Waals surface area contributed by atoms with E-state index in [0.29, 0.717) is 28.7 Å². The van der Waals surface area contributed by atoms with E-state index in [0.717, 1.165) is 17.0 Å². The van der Waals surface area contributed by atoms with Crippen molar-refractivity contribution in [1.82, 2.24) is 15.0 Å². The SMILES string of the molecule is COc1cccc(-c2cc(Nc3ccc(Oc4ccnc(C#N)c4)cc3)nc(N)n2)c1. The second kappa shape index (κ2) is 8.80. The maximum atomic E-state index is 8.94. The first-order valence-corrected chi connectivity index (χ1v) is 9.33. The summed E-state index contributed by atoms with van der Waals surface area (Å²) in [5, 5.41) is 12.2. The Balaban J connectivity index is 1.51. The van der Waals surface area contributed by atoms with Crippen molar-refractivity contribution in [3.8, 4) is 34.6 Å². The molecule has 0 saturated heterocycles. The zero-order valence-electron chi connectivity index (χ0n) is 16.6. The molecule has 2 heterocycles. The number of nitrogens with zero attached hydrogens (tertiary/aromatic N) is 4. The van der Waals surface area contributed by atoms with E-state index < -0.39 is 0 Å². The number of aromatic nitrogens is 3. The second-order valence-electron chi connectivity index (χ2n) is 6.47. The highest BCUT2D eigenvalue weighted by Gasteiger charge is 2.07. The lowest BCUT2D eigenvalue weighted by Gasteiger charge is -2.10. The van der Waals surface area contributed by atoms with E-state index in [4.69, 9.17) is 20.5 Å². The molecule has 2 aromatic heterocycles. The van der Waals surface area contributed by atoms with Gasteiger partial charge in [0.05, 0.1) is 12.8 Å². The normalized spacial score (nSPS) is 10.2. The van der Waals surface area contributed by atoms with Gasteiger partial charge in [0.25, 0.3) is 0 Å². The molecule has 0 atom stereocenters. The molecule has 0 saturated carbocycles. The van der Waals surface area contributed by atoms with Crippen molar-refractivity contribution in [2.45, 2.75) is 0 Å². The molecule has 8 nitrogen and oxygen atoms in total. The topological polar surface area (TPSA) is 119 Å². The molecule has 2 aromatic carbocycles. The van der Waals surface area contributed by atoms with E-state index in [1.54, 1.807) is 19.2 Å². The third-order valence-corrected chi connectivity index (χ3v) is 4.32. The van der Waals surface area contributed by atoms with Crippen LogP contribution >= 0.6 is 0 Å². The maximum absolute atomic E-state index is 8.94. The summed E-state index contributed by atoms with van der Waals surface area (Å²) in [4.78, 5) is 12.5. The summed E-state index contributed by atoms with van der Waals surface area (Å²) in [6.07, 6.45) is 1.53. The summed E-state index contributed by atoms with van der Waals surface area (Å²) in [7, 11) is 1.62. The number of nitriles is 1. The van der Waals surface area contributed by atoms with Gasteiger partial charge in [-0.1, -0.05) is 12.1 Å². The van der Waals surface area contributed by atoms with Gasteiger partial charge in [-0.15, -0.1) is 0 Å². The van der Waals surface area contributed by atoms with Crippen molar-refractivity contribution in [2.75, 3.05) is 18.2 Å². The van der Waals surface area contributed by atoms with Gasteiger partial charge in [-0.25, -0.2) is 9.97 Å². The summed E-state index contributed by atoms with van der Waals surface area (Å²) in [5.74, 6) is 2.62. The van der Waals surface area contributed by atoms with E-state index in [-0.39, 0.29) is 5.95 Å². The zero-order valence-corrected chi connectivity index (χ0v) is 16.6. The van der Waals surface area contributed by atoms with Crippen LogP contribution in [-0.4, -0.2) is 22.1 Å². The second-order valence-corrected chi connectivity index (χ2v) is 6.47. The Hall–Kier alpha value is -4.64. The third kappa shape index (κ3) is 4.86. The van der Waals surface area contributed by atoms with E-state index in [2.05, 4.69) is 20.3 Å². The van der Waals surface area contributed by atoms with Crippen LogP contribution < -0.4 is 20.5 Å². The van der Waals surface area contributed by atoms with Gasteiger partial charge in [0.2, 0.25) is 5.95 Å². The van der Waals surface area contributed by atoms with Gasteiger partial charge in [-0.05, 0) is 42.5 Å². The molecule has 8 heteroatoms. The predicted octanol–water partition coefficient (Wildman–Crippen LogP) is 4.54. The summed E-state index contributed by atoms with van der Waals surface area (Å²) >= 11 is 0. The number of methoxy groups -OCH3 is 1. The van der Waals surface area contributed by atoms with Gasteiger partial charge in [0.15, 0.2) is 0 Å². The van der Waals surface area contributed by atoms with E-state index in [1.165, 1.54) is 6.20 Å². The van der Waals surface area contributed by atoms with Gasteiger partial charge in [0, 0.05) is 29.6 Å². The molecule has 152 valence electrons. The number of hydrogen-bond acceptors (Lipinski definition) is 8. The van der Waals surface area contributed by atoms with Crippen molar-refractivity contribution in [1.29, 1.82) is 5.26 Å². The molecule has 0 spiro atoms. The van der Waals surface area contributed by atoms with E-state index in [9.17, 15) is 0 Å². The first-order chi connectivity index (χ1) is 15.1. The molecule has 0 aliphatic carbocycles. The third-order valence-electron chi connectivity index (χ3n) is 4.32. The molecule has 0 unspecified atom stereocenters. The van der Waals surface area contributed by atoms with E-state index >= 15 is 0 Å². The van der Waals surface area contributed by atoms with Crippen LogP contribution in [0.25, 0.3) is 11.3 Å². The average Bonchev–Trinajstić information content (AvgIpc) is 2.80. The van der Waals surface area contributed by atoms with Crippen LogP contribution in [0.4, 0.5) is 17.5 Å². The Morgan fingerprint density at radius 3 is 2.55 bits per heavy atom. The van der Waals surface area contributed by atoms with Gasteiger partial charge >= 0.3 is 0 Å². The minimum Gasteiger partial charge on any atom is -0.497 e. The van der Waals surface area contributed by atoms with Crippen LogP contribution in [0, 0.1) is 11.3 Å². The van der Waals surface area contributed by atoms with Gasteiger partial charge in [-0.2, -0.15) is 10.2 Å². The Labute approximate surface area is 179 Å². The molecule has 4 aromatic rings. The van der Waals surface area contributed by atoms with Gasteiger partial charge in [0.1, 0.15) is 34.8 Å². The van der Waals surface area contributed by atoms with Crippen molar-refractivity contribution in [2.24, 2.45) is 0 Å². The highest BCUT2D eigenvalue weighted by atomic mass is 16.5. The first kappa shape index (κ1) is 19.7. The number of nitrogens with two attached hydrogens (primary N) is 1. The number of hydrogen-bond donors (Lipinski definition) is 2. The lowest BCUT2D eigenvalue weighted by molar-refractivity contribution is 0.415. The van der Waals surface area contributed by atoms with Crippen molar-refractivity contribution < 1.29 is 9.47 Å². The van der Waals surface area contributed by atoms with Crippen molar-refractivity contribution in [3.05, 3.63) is 78.6 Å². The number of nitrogen functional groups attached to an aromatic ring is 1. The first-order valence-electron chi connectivity index (χ1n) is 9.33. The van der Waals surface area contributed by atoms with Crippen LogP contribution in [0.5, 0.6) is 17.2 Å². The summed E-state index contributed by atoms with van der Waals surface area (Å²) in [6, 6.07) is 22.0. The van der Waals surface area contributed by atoms with Crippen LogP contribution in [0.2, 0.25) is 0 Å². The summed E-state index contributed by atoms with van der Waals surface area (Å²) in [6.45, 7) is 0. The highest BCUT2D eigenvalue weighted by Crippen LogP contribution is 2.27. The quantitative estimate of drug-likeness (QED) is 0.476. The van der Waals surface area contributed by atoms with Gasteiger partial charge in [-0.3, -0.25) is 0 Å². The zero-order chi connectivity index (χ0) is 21.6. The molecule has 0 aliphatic rings. The number of rotatable bonds is 6. The molecule has 4 rings (SSSR count). The minimum absolute atomic E-state index is 0.161. The van der Waals surface area contributed by atoms with Gasteiger partial charge < -0.3 is 20.5 Å². The lowest BCUT2D eigenvalue weighted by atomic mass is 10.1. The Morgan fingerprint density at radius 2 is 1.77 bits per heavy atom. The summed E-state index contributed by atoms with van der Waals surface area (Å²) in [5.41, 5.74) is 8.56. The maximum Gasteiger partial charge on any atom is 0.222 e. The molecule has 3 N–H and O–H groups in total. The standard InChI is InChI=1S/C23H18N6O2/c1-30-19-4-2-3-15(11-19)21-13-22(29-23(25)28-21)27-16-5-7-18(8-6-16)31-20-9-10-26-17(12-20)14-24/h2-13H,1H3,(H3,25,27,28,29). The monoisotopic (exact) mass is 410 g/mol. The fourth-order valence-electron chi connectivity index (χ4n) is 2.89. The van der Waals surface area contributed by atoms with Crippen molar-refractivity contribution >= 4 is 17.5 Å². The van der Waals surface area contributed by atoms with Crippen LogP contribution in [0.3, 0.4) is 0 Å². The molecule has 0 aliphatic heterocycles. The van der Waals surface area contributed by atoms with Crippen LogP contribution in [0.1, 0.15) is 5.69 Å².